The van der Waals surface area contributed by atoms with Crippen molar-refractivity contribution in [1.29, 1.82) is 0 Å². The first kappa shape index (κ1) is 11.6. The van der Waals surface area contributed by atoms with Crippen LogP contribution >= 0.6 is 11.3 Å². The van der Waals surface area contributed by atoms with E-state index in [2.05, 4.69) is 20.3 Å². The molecule has 0 saturated heterocycles. The SMILES string of the molecule is Cc1nc(-c2ccnc(NC3CCCC3)n2)cs1. The Labute approximate surface area is 111 Å². The second-order valence-electron chi connectivity index (χ2n) is 4.64. The van der Waals surface area contributed by atoms with Crippen molar-refractivity contribution >= 4 is 17.3 Å². The molecule has 0 spiro atoms. The zero-order valence-corrected chi connectivity index (χ0v) is 11.2. The molecule has 0 unspecified atom stereocenters. The minimum Gasteiger partial charge on any atom is -0.351 e. The molecule has 0 amide bonds. The number of thiazole rings is 1. The van der Waals surface area contributed by atoms with Gasteiger partial charge in [0, 0.05) is 17.6 Å². The van der Waals surface area contributed by atoms with E-state index in [0.717, 1.165) is 22.3 Å². The molecule has 1 aliphatic carbocycles. The zero-order valence-electron chi connectivity index (χ0n) is 10.4. The molecule has 94 valence electrons. The summed E-state index contributed by atoms with van der Waals surface area (Å²) in [4.78, 5) is 13.3. The van der Waals surface area contributed by atoms with E-state index in [1.165, 1.54) is 25.7 Å². The van der Waals surface area contributed by atoms with Gasteiger partial charge in [0.1, 0.15) is 5.69 Å². The van der Waals surface area contributed by atoms with E-state index >= 15 is 0 Å². The maximum absolute atomic E-state index is 4.54. The highest BCUT2D eigenvalue weighted by Gasteiger charge is 2.15. The number of aromatic nitrogens is 3. The fourth-order valence-electron chi connectivity index (χ4n) is 2.30. The van der Waals surface area contributed by atoms with Gasteiger partial charge in [0.05, 0.1) is 10.7 Å². The lowest BCUT2D eigenvalue weighted by molar-refractivity contribution is 0.744. The molecule has 1 fully saturated rings. The quantitative estimate of drug-likeness (QED) is 0.920. The molecule has 1 aliphatic rings. The van der Waals surface area contributed by atoms with Gasteiger partial charge < -0.3 is 5.32 Å². The predicted molar refractivity (Wildman–Crippen MR) is 73.8 cm³/mol. The molecule has 0 atom stereocenters. The molecule has 0 radical (unpaired) electrons. The van der Waals surface area contributed by atoms with Crippen LogP contribution in [0.3, 0.4) is 0 Å². The van der Waals surface area contributed by atoms with Gasteiger partial charge in [-0.15, -0.1) is 11.3 Å². The third-order valence-corrected chi connectivity index (χ3v) is 4.00. The molecule has 5 heteroatoms. The fraction of sp³-hybridized carbons (Fsp3) is 0.462. The van der Waals surface area contributed by atoms with Crippen LogP contribution in [-0.4, -0.2) is 21.0 Å². The predicted octanol–water partition coefficient (Wildman–Crippen LogP) is 3.26. The number of nitrogens with zero attached hydrogens (tertiary/aromatic N) is 3. The number of hydrogen-bond acceptors (Lipinski definition) is 5. The summed E-state index contributed by atoms with van der Waals surface area (Å²) >= 11 is 1.65. The Balaban J connectivity index is 1.80. The summed E-state index contributed by atoms with van der Waals surface area (Å²) in [5.41, 5.74) is 1.84. The van der Waals surface area contributed by atoms with E-state index in [1.54, 1.807) is 17.5 Å². The van der Waals surface area contributed by atoms with E-state index in [9.17, 15) is 0 Å². The summed E-state index contributed by atoms with van der Waals surface area (Å²) < 4.78 is 0. The fourth-order valence-corrected chi connectivity index (χ4v) is 2.91. The van der Waals surface area contributed by atoms with E-state index in [4.69, 9.17) is 0 Å². The van der Waals surface area contributed by atoms with Crippen LogP contribution in [0, 0.1) is 6.92 Å². The summed E-state index contributed by atoms with van der Waals surface area (Å²) in [6, 6.07) is 2.45. The van der Waals surface area contributed by atoms with Crippen LogP contribution in [0.1, 0.15) is 30.7 Å². The maximum Gasteiger partial charge on any atom is 0.223 e. The summed E-state index contributed by atoms with van der Waals surface area (Å²) in [7, 11) is 0. The van der Waals surface area contributed by atoms with Crippen LogP contribution in [0.2, 0.25) is 0 Å². The summed E-state index contributed by atoms with van der Waals surface area (Å²) in [6.45, 7) is 2.01. The first-order chi connectivity index (χ1) is 8.81. The minimum atomic E-state index is 0.539. The van der Waals surface area contributed by atoms with Crippen LogP contribution in [0.4, 0.5) is 5.95 Å². The van der Waals surface area contributed by atoms with E-state index in [-0.39, 0.29) is 0 Å². The molecule has 18 heavy (non-hydrogen) atoms. The van der Waals surface area contributed by atoms with Crippen molar-refractivity contribution < 1.29 is 0 Å². The second-order valence-corrected chi connectivity index (χ2v) is 5.71. The van der Waals surface area contributed by atoms with Gasteiger partial charge >= 0.3 is 0 Å². The average Bonchev–Trinajstić information content (AvgIpc) is 3.01. The molecule has 2 aromatic rings. The van der Waals surface area contributed by atoms with Gasteiger partial charge in [-0.2, -0.15) is 0 Å². The summed E-state index contributed by atoms with van der Waals surface area (Å²) in [6.07, 6.45) is 6.87. The van der Waals surface area contributed by atoms with Crippen molar-refractivity contribution in [3.05, 3.63) is 22.7 Å². The van der Waals surface area contributed by atoms with Crippen LogP contribution < -0.4 is 5.32 Å². The van der Waals surface area contributed by atoms with E-state index in [1.807, 2.05) is 18.4 Å². The first-order valence-corrected chi connectivity index (χ1v) is 7.21. The smallest absolute Gasteiger partial charge is 0.223 e. The lowest BCUT2D eigenvalue weighted by Crippen LogP contribution is -2.16. The van der Waals surface area contributed by atoms with Gasteiger partial charge in [-0.1, -0.05) is 12.8 Å². The molecule has 1 N–H and O–H groups in total. The maximum atomic E-state index is 4.54. The van der Waals surface area contributed by atoms with Crippen LogP contribution in [0.15, 0.2) is 17.6 Å². The van der Waals surface area contributed by atoms with Gasteiger partial charge in [-0.3, -0.25) is 0 Å². The van der Waals surface area contributed by atoms with E-state index in [0.29, 0.717) is 6.04 Å². The monoisotopic (exact) mass is 260 g/mol. The van der Waals surface area contributed by atoms with Gasteiger partial charge in [0.25, 0.3) is 0 Å². The number of hydrogen-bond donors (Lipinski definition) is 1. The van der Waals surface area contributed by atoms with Crippen molar-refractivity contribution in [2.75, 3.05) is 5.32 Å². The Morgan fingerprint density at radius 2 is 2.06 bits per heavy atom. The Morgan fingerprint density at radius 3 is 2.78 bits per heavy atom. The van der Waals surface area contributed by atoms with Crippen molar-refractivity contribution in [1.82, 2.24) is 15.0 Å². The molecular formula is C13H16N4S. The summed E-state index contributed by atoms with van der Waals surface area (Å²) in [5, 5.41) is 6.51. The topological polar surface area (TPSA) is 50.7 Å². The third-order valence-electron chi connectivity index (χ3n) is 3.23. The van der Waals surface area contributed by atoms with Gasteiger partial charge in [-0.05, 0) is 25.8 Å². The first-order valence-electron chi connectivity index (χ1n) is 6.33. The largest absolute Gasteiger partial charge is 0.351 e. The molecule has 2 aromatic heterocycles. The van der Waals surface area contributed by atoms with E-state index < -0.39 is 0 Å². The molecule has 2 heterocycles. The minimum absolute atomic E-state index is 0.539. The molecule has 0 aromatic carbocycles. The molecular weight excluding hydrogens is 244 g/mol. The Hall–Kier alpha value is -1.49. The Morgan fingerprint density at radius 1 is 1.22 bits per heavy atom. The number of anilines is 1. The molecule has 1 saturated carbocycles. The second kappa shape index (κ2) is 5.02. The zero-order chi connectivity index (χ0) is 12.4. The number of nitrogens with one attached hydrogen (secondary N) is 1. The lowest BCUT2D eigenvalue weighted by Gasteiger charge is -2.11. The van der Waals surface area contributed by atoms with Crippen LogP contribution in [0.25, 0.3) is 11.4 Å². The standard InChI is InChI=1S/C13H16N4S/c1-9-15-12(8-18-9)11-6-7-14-13(17-11)16-10-4-2-3-5-10/h6-8,10H,2-5H2,1H3,(H,14,16,17). The van der Waals surface area contributed by atoms with Crippen LogP contribution in [-0.2, 0) is 0 Å². The normalized spacial score (nSPS) is 16.1. The number of aryl methyl sites for hydroxylation is 1. The van der Waals surface area contributed by atoms with Gasteiger partial charge in [0.15, 0.2) is 0 Å². The van der Waals surface area contributed by atoms with Crippen molar-refractivity contribution in [3.63, 3.8) is 0 Å². The Bertz CT molecular complexity index is 531. The molecule has 0 bridgehead atoms. The van der Waals surface area contributed by atoms with Crippen molar-refractivity contribution in [2.45, 2.75) is 38.6 Å². The third kappa shape index (κ3) is 2.51. The number of rotatable bonds is 3. The Kier molecular flexibility index (Phi) is 3.23. The lowest BCUT2D eigenvalue weighted by atomic mass is 10.2. The van der Waals surface area contributed by atoms with Gasteiger partial charge in [0.2, 0.25) is 5.95 Å². The highest BCUT2D eigenvalue weighted by molar-refractivity contribution is 7.09. The van der Waals surface area contributed by atoms with Crippen molar-refractivity contribution in [3.8, 4) is 11.4 Å². The van der Waals surface area contributed by atoms with Crippen molar-refractivity contribution in [2.24, 2.45) is 0 Å². The molecule has 0 aliphatic heterocycles. The highest BCUT2D eigenvalue weighted by atomic mass is 32.1. The highest BCUT2D eigenvalue weighted by Crippen LogP contribution is 2.23. The molecule has 3 rings (SSSR count). The average molecular weight is 260 g/mol. The summed E-state index contributed by atoms with van der Waals surface area (Å²) in [5.74, 6) is 0.727. The van der Waals surface area contributed by atoms with Crippen LogP contribution in [0.5, 0.6) is 0 Å². The molecule has 4 nitrogen and oxygen atoms in total. The van der Waals surface area contributed by atoms with Gasteiger partial charge in [-0.25, -0.2) is 15.0 Å².